The first-order chi connectivity index (χ1) is 3.77. The molecule has 0 aromatic carbocycles. The molecule has 9 heavy (non-hydrogen) atoms. The molecule has 3 N–H and O–H groups in total. The van der Waals surface area contributed by atoms with Crippen molar-refractivity contribution in [1.29, 1.82) is 0 Å². The average Bonchev–Trinajstić information content (AvgIpc) is 2.17. The Morgan fingerprint density at radius 2 is 1.89 bits per heavy atom. The van der Waals surface area contributed by atoms with E-state index >= 15 is 0 Å². The largest absolute Gasteiger partial charge is 0.394 e. The second kappa shape index (κ2) is 3.20. The molecule has 0 bridgehead atoms. The van der Waals surface area contributed by atoms with Gasteiger partial charge in [-0.3, -0.25) is 0 Å². The zero-order valence-corrected chi connectivity index (χ0v) is 6.03. The molecule has 0 radical (unpaired) electrons. The predicted octanol–water partition coefficient (Wildman–Crippen LogP) is 0.448. The van der Waals surface area contributed by atoms with E-state index in [-0.39, 0.29) is 24.6 Å². The molecular formula is C6H12ClNO. The number of halogens is 1. The fraction of sp³-hybridized carbons (Fsp3) is 0.667. The van der Waals surface area contributed by atoms with Gasteiger partial charge in [0.2, 0.25) is 0 Å². The van der Waals surface area contributed by atoms with Gasteiger partial charge in [-0.15, -0.1) is 12.4 Å². The van der Waals surface area contributed by atoms with Gasteiger partial charge in [-0.05, 0) is 12.8 Å². The summed E-state index contributed by atoms with van der Waals surface area (Å²) < 4.78 is 0. The second-order valence-corrected chi connectivity index (χ2v) is 2.40. The lowest BCUT2D eigenvalue weighted by Crippen LogP contribution is -2.40. The van der Waals surface area contributed by atoms with Gasteiger partial charge in [0.25, 0.3) is 0 Å². The normalized spacial score (nSPS) is 21.6. The van der Waals surface area contributed by atoms with Crippen LogP contribution in [0, 0.1) is 0 Å². The lowest BCUT2D eigenvalue weighted by atomic mass is 10.0. The monoisotopic (exact) mass is 149 g/mol. The number of aliphatic hydroxyl groups excluding tert-OH is 1. The molecule has 3 heteroatoms. The summed E-state index contributed by atoms with van der Waals surface area (Å²) in [6.45, 7) is 0.0972. The lowest BCUT2D eigenvalue weighted by Gasteiger charge is -2.18. The third-order valence-electron chi connectivity index (χ3n) is 1.53. The third kappa shape index (κ3) is 1.97. The quantitative estimate of drug-likeness (QED) is 0.532. The van der Waals surface area contributed by atoms with Gasteiger partial charge in [0.05, 0.1) is 6.61 Å². The number of rotatable bonds is 1. The van der Waals surface area contributed by atoms with Crippen LogP contribution in [-0.2, 0) is 0 Å². The molecule has 2 nitrogen and oxygen atoms in total. The smallest absolute Gasteiger partial charge is 0.0617 e. The van der Waals surface area contributed by atoms with Crippen LogP contribution in [0.2, 0.25) is 0 Å². The van der Waals surface area contributed by atoms with Gasteiger partial charge in [-0.2, -0.15) is 0 Å². The summed E-state index contributed by atoms with van der Waals surface area (Å²) in [5.74, 6) is 0. The third-order valence-corrected chi connectivity index (χ3v) is 1.53. The summed E-state index contributed by atoms with van der Waals surface area (Å²) in [6, 6.07) is 0. The molecule has 0 aromatic heterocycles. The predicted molar refractivity (Wildman–Crippen MR) is 39.6 cm³/mol. The Balaban J connectivity index is 0.000000640. The first-order valence-electron chi connectivity index (χ1n) is 2.82. The molecule has 54 valence electrons. The van der Waals surface area contributed by atoms with Crippen molar-refractivity contribution >= 4 is 12.4 Å². The minimum atomic E-state index is -0.319. The minimum Gasteiger partial charge on any atom is -0.394 e. The highest BCUT2D eigenvalue weighted by atomic mass is 35.5. The maximum absolute atomic E-state index is 8.66. The van der Waals surface area contributed by atoms with Gasteiger partial charge < -0.3 is 10.8 Å². The summed E-state index contributed by atoms with van der Waals surface area (Å²) >= 11 is 0. The van der Waals surface area contributed by atoms with Crippen molar-refractivity contribution in [2.75, 3.05) is 6.61 Å². The van der Waals surface area contributed by atoms with Gasteiger partial charge >= 0.3 is 0 Å². The van der Waals surface area contributed by atoms with Gasteiger partial charge in [-0.25, -0.2) is 0 Å². The van der Waals surface area contributed by atoms with Gasteiger partial charge in [-0.1, -0.05) is 12.2 Å². The van der Waals surface area contributed by atoms with Crippen molar-refractivity contribution in [1.82, 2.24) is 0 Å². The van der Waals surface area contributed by atoms with Crippen LogP contribution >= 0.6 is 12.4 Å². The summed E-state index contributed by atoms with van der Waals surface area (Å²) in [7, 11) is 0. The highest BCUT2D eigenvalue weighted by molar-refractivity contribution is 5.85. The molecule has 1 rings (SSSR count). The summed E-state index contributed by atoms with van der Waals surface area (Å²) in [6.07, 6.45) is 5.67. The van der Waals surface area contributed by atoms with E-state index in [1.165, 1.54) is 0 Å². The molecule has 0 unspecified atom stereocenters. The van der Waals surface area contributed by atoms with E-state index in [4.69, 9.17) is 10.8 Å². The van der Waals surface area contributed by atoms with Crippen LogP contribution in [0.15, 0.2) is 12.2 Å². The molecule has 0 aromatic rings. The molecule has 1 aliphatic carbocycles. The second-order valence-electron chi connectivity index (χ2n) is 2.40. The number of aliphatic hydroxyl groups is 1. The lowest BCUT2D eigenvalue weighted by molar-refractivity contribution is 0.204. The molecule has 0 spiro atoms. The molecule has 1 aliphatic rings. The fourth-order valence-corrected chi connectivity index (χ4v) is 0.849. The van der Waals surface area contributed by atoms with Gasteiger partial charge in [0.1, 0.15) is 0 Å². The van der Waals surface area contributed by atoms with Gasteiger partial charge in [0, 0.05) is 5.54 Å². The Bertz CT molecular complexity index is 106. The Hall–Kier alpha value is -0.0500. The molecule has 0 heterocycles. The first kappa shape index (κ1) is 8.95. The van der Waals surface area contributed by atoms with E-state index in [0.29, 0.717) is 0 Å². The summed E-state index contributed by atoms with van der Waals surface area (Å²) in [5, 5.41) is 8.66. The highest BCUT2D eigenvalue weighted by Crippen LogP contribution is 2.18. The van der Waals surface area contributed by atoms with E-state index in [1.54, 1.807) is 0 Å². The molecular weight excluding hydrogens is 138 g/mol. The van der Waals surface area contributed by atoms with Crippen LogP contribution in [0.3, 0.4) is 0 Å². The zero-order chi connectivity index (χ0) is 6.04. The molecule has 0 amide bonds. The van der Waals surface area contributed by atoms with Crippen molar-refractivity contribution in [2.24, 2.45) is 5.73 Å². The molecule has 0 fully saturated rings. The van der Waals surface area contributed by atoms with Crippen LogP contribution in [-0.4, -0.2) is 17.3 Å². The van der Waals surface area contributed by atoms with E-state index in [1.807, 2.05) is 12.2 Å². The van der Waals surface area contributed by atoms with Crippen molar-refractivity contribution < 1.29 is 5.11 Å². The molecule has 0 saturated heterocycles. The van der Waals surface area contributed by atoms with E-state index in [9.17, 15) is 0 Å². The van der Waals surface area contributed by atoms with E-state index < -0.39 is 0 Å². The van der Waals surface area contributed by atoms with Crippen LogP contribution in [0.4, 0.5) is 0 Å². The number of hydrogen-bond donors (Lipinski definition) is 2. The SMILES string of the molecule is Cl.NC1(CO)CC=CC1. The van der Waals surface area contributed by atoms with Crippen molar-refractivity contribution in [2.45, 2.75) is 18.4 Å². The van der Waals surface area contributed by atoms with Crippen LogP contribution in [0.5, 0.6) is 0 Å². The Morgan fingerprint density at radius 1 is 1.44 bits per heavy atom. The maximum Gasteiger partial charge on any atom is 0.0617 e. The topological polar surface area (TPSA) is 46.2 Å². The number of hydrogen-bond acceptors (Lipinski definition) is 2. The highest BCUT2D eigenvalue weighted by Gasteiger charge is 2.23. The van der Waals surface area contributed by atoms with Crippen molar-refractivity contribution in [3.63, 3.8) is 0 Å². The van der Waals surface area contributed by atoms with Crippen molar-refractivity contribution in [3.05, 3.63) is 12.2 Å². The number of nitrogens with two attached hydrogens (primary N) is 1. The summed E-state index contributed by atoms with van der Waals surface area (Å²) in [5.41, 5.74) is 5.33. The van der Waals surface area contributed by atoms with Crippen LogP contribution < -0.4 is 5.73 Å². The molecule has 0 aliphatic heterocycles. The molecule has 0 saturated carbocycles. The Kier molecular flexibility index (Phi) is 3.18. The maximum atomic E-state index is 8.66. The zero-order valence-electron chi connectivity index (χ0n) is 5.21. The molecule has 0 atom stereocenters. The van der Waals surface area contributed by atoms with Gasteiger partial charge in [0.15, 0.2) is 0 Å². The summed E-state index contributed by atoms with van der Waals surface area (Å²) in [4.78, 5) is 0. The van der Waals surface area contributed by atoms with E-state index in [0.717, 1.165) is 12.8 Å². The standard InChI is InChI=1S/C6H11NO.ClH/c7-6(5-8)3-1-2-4-6;/h1-2,8H,3-5,7H2;1H. The average molecular weight is 150 g/mol. The van der Waals surface area contributed by atoms with Crippen molar-refractivity contribution in [3.8, 4) is 0 Å². The first-order valence-corrected chi connectivity index (χ1v) is 2.82. The van der Waals surface area contributed by atoms with Crippen LogP contribution in [0.1, 0.15) is 12.8 Å². The Labute approximate surface area is 61.2 Å². The minimum absolute atomic E-state index is 0. The Morgan fingerprint density at radius 3 is 2.11 bits per heavy atom. The van der Waals surface area contributed by atoms with Crippen LogP contribution in [0.25, 0.3) is 0 Å². The van der Waals surface area contributed by atoms with E-state index in [2.05, 4.69) is 0 Å². The fourth-order valence-electron chi connectivity index (χ4n) is 0.849.